The molecule has 2 aromatic rings. The number of nitriles is 2. The zero-order chi connectivity index (χ0) is 30.0. The zero-order valence-electron chi connectivity index (χ0n) is 23.5. The summed E-state index contributed by atoms with van der Waals surface area (Å²) in [5.74, 6) is -1.42. The Morgan fingerprint density at radius 2 is 1.07 bits per heavy atom. The smallest absolute Gasteiger partial charge is 0.348 e. The van der Waals surface area contributed by atoms with Crippen molar-refractivity contribution in [2.24, 2.45) is 0 Å². The molecule has 0 aromatic heterocycles. The van der Waals surface area contributed by atoms with Gasteiger partial charge < -0.3 is 29.5 Å². The largest absolute Gasteiger partial charge is 0.462 e. The number of nitrogens with zero attached hydrogens (tertiary/aromatic N) is 4. The van der Waals surface area contributed by atoms with Crippen LogP contribution in [0.2, 0.25) is 0 Å². The highest BCUT2D eigenvalue weighted by Gasteiger charge is 2.12. The van der Waals surface area contributed by atoms with Crippen LogP contribution < -0.4 is 9.80 Å². The molecular weight excluding hydrogens is 524 g/mol. The number of carbonyl (C=O) groups is 2. The Bertz CT molecular complexity index is 1170. The molecule has 10 heteroatoms. The summed E-state index contributed by atoms with van der Waals surface area (Å²) in [6.45, 7) is 1.29. The van der Waals surface area contributed by atoms with Crippen molar-refractivity contribution in [3.8, 4) is 12.1 Å². The van der Waals surface area contributed by atoms with Gasteiger partial charge in [-0.2, -0.15) is 10.5 Å². The maximum Gasteiger partial charge on any atom is 0.348 e. The van der Waals surface area contributed by atoms with Gasteiger partial charge in [0.2, 0.25) is 0 Å². The maximum atomic E-state index is 12.3. The third-order valence-electron chi connectivity index (χ3n) is 6.10. The molecule has 0 saturated heterocycles. The minimum Gasteiger partial charge on any atom is -0.462 e. The standard InChI is InChI=1S/C31H36N4O6/c1-34(14-16-36)28-10-6-24(7-11-28)20-26(22-32)30(38)40-18-4-3-5-19-41-31(39)27(23-33)21-25-8-12-29(13-9-25)35(2)15-17-37/h6-13,20-21,36-37H,3-5,14-19H2,1-2H3/b26-20+,27-21+. The van der Waals surface area contributed by atoms with E-state index in [1.54, 1.807) is 24.3 Å². The first-order valence-corrected chi connectivity index (χ1v) is 13.2. The molecule has 0 amide bonds. The summed E-state index contributed by atoms with van der Waals surface area (Å²) in [5.41, 5.74) is 2.93. The Hall–Kier alpha value is -4.64. The number of rotatable bonds is 16. The van der Waals surface area contributed by atoms with E-state index in [2.05, 4.69) is 0 Å². The van der Waals surface area contributed by atoms with Gasteiger partial charge in [0.25, 0.3) is 0 Å². The average molecular weight is 561 g/mol. The predicted octanol–water partition coefficient (Wildman–Crippen LogP) is 3.31. The Morgan fingerprint density at radius 3 is 1.39 bits per heavy atom. The van der Waals surface area contributed by atoms with E-state index >= 15 is 0 Å². The normalized spacial score (nSPS) is 11.3. The van der Waals surface area contributed by atoms with Gasteiger partial charge in [0.05, 0.1) is 26.4 Å². The summed E-state index contributed by atoms with van der Waals surface area (Å²) in [6, 6.07) is 18.2. The molecule has 0 heterocycles. The van der Waals surface area contributed by atoms with E-state index in [0.29, 0.717) is 43.5 Å². The summed E-state index contributed by atoms with van der Waals surface area (Å²) in [7, 11) is 3.71. The predicted molar refractivity (Wildman–Crippen MR) is 157 cm³/mol. The molecule has 10 nitrogen and oxygen atoms in total. The van der Waals surface area contributed by atoms with Crippen molar-refractivity contribution in [2.45, 2.75) is 19.3 Å². The van der Waals surface area contributed by atoms with Gasteiger partial charge >= 0.3 is 11.9 Å². The molecule has 0 unspecified atom stereocenters. The number of anilines is 2. The Morgan fingerprint density at radius 1 is 0.707 bits per heavy atom. The van der Waals surface area contributed by atoms with E-state index < -0.39 is 11.9 Å². The summed E-state index contributed by atoms with van der Waals surface area (Å²) in [5, 5.41) is 36.8. The fourth-order valence-electron chi connectivity index (χ4n) is 3.68. The summed E-state index contributed by atoms with van der Waals surface area (Å²) < 4.78 is 10.4. The van der Waals surface area contributed by atoms with Crippen LogP contribution in [-0.2, 0) is 19.1 Å². The molecule has 0 aliphatic carbocycles. The molecule has 41 heavy (non-hydrogen) atoms. The molecule has 0 fully saturated rings. The summed E-state index contributed by atoms with van der Waals surface area (Å²) in [4.78, 5) is 28.3. The van der Waals surface area contributed by atoms with Crippen LogP contribution in [0.15, 0.2) is 59.7 Å². The van der Waals surface area contributed by atoms with Crippen molar-refractivity contribution in [1.29, 1.82) is 10.5 Å². The number of aliphatic hydroxyl groups excluding tert-OH is 2. The first-order valence-electron chi connectivity index (χ1n) is 13.2. The van der Waals surface area contributed by atoms with Crippen molar-refractivity contribution >= 4 is 35.5 Å². The molecule has 0 atom stereocenters. The molecular formula is C31H36N4O6. The fourth-order valence-corrected chi connectivity index (χ4v) is 3.68. The Labute approximate surface area is 240 Å². The van der Waals surface area contributed by atoms with E-state index in [0.717, 1.165) is 11.4 Å². The molecule has 0 aliphatic heterocycles. The van der Waals surface area contributed by atoms with Gasteiger partial charge in [-0.25, -0.2) is 9.59 Å². The van der Waals surface area contributed by atoms with Crippen LogP contribution in [0.4, 0.5) is 11.4 Å². The molecule has 2 aromatic carbocycles. The lowest BCUT2D eigenvalue weighted by Gasteiger charge is -2.17. The summed E-state index contributed by atoms with van der Waals surface area (Å²) in [6.07, 6.45) is 4.57. The van der Waals surface area contributed by atoms with Gasteiger partial charge in [0.15, 0.2) is 0 Å². The Balaban J connectivity index is 1.73. The number of likely N-dealkylation sites (N-methyl/N-ethyl adjacent to an activating group) is 2. The number of unbranched alkanes of at least 4 members (excludes halogenated alkanes) is 2. The first kappa shape index (κ1) is 32.6. The zero-order valence-corrected chi connectivity index (χ0v) is 23.5. The quantitative estimate of drug-likeness (QED) is 0.136. The van der Waals surface area contributed by atoms with Crippen LogP contribution in [0.5, 0.6) is 0 Å². The minimum atomic E-state index is -0.711. The lowest BCUT2D eigenvalue weighted by Crippen LogP contribution is -2.20. The topological polar surface area (TPSA) is 147 Å². The average Bonchev–Trinajstić information content (AvgIpc) is 2.98. The molecule has 0 saturated carbocycles. The second-order valence-electron chi connectivity index (χ2n) is 9.15. The molecule has 0 spiro atoms. The monoisotopic (exact) mass is 560 g/mol. The lowest BCUT2D eigenvalue weighted by molar-refractivity contribution is -0.138. The third-order valence-corrected chi connectivity index (χ3v) is 6.10. The van der Waals surface area contributed by atoms with Crippen LogP contribution in [0.1, 0.15) is 30.4 Å². The van der Waals surface area contributed by atoms with Crippen molar-refractivity contribution in [3.63, 3.8) is 0 Å². The molecule has 216 valence electrons. The van der Waals surface area contributed by atoms with E-state index in [4.69, 9.17) is 19.7 Å². The van der Waals surface area contributed by atoms with E-state index in [1.165, 1.54) is 12.2 Å². The second-order valence-corrected chi connectivity index (χ2v) is 9.15. The molecule has 0 radical (unpaired) electrons. The van der Waals surface area contributed by atoms with Gasteiger partial charge in [-0.15, -0.1) is 0 Å². The molecule has 2 rings (SSSR count). The van der Waals surface area contributed by atoms with Gasteiger partial charge in [-0.1, -0.05) is 24.3 Å². The van der Waals surface area contributed by atoms with Crippen LogP contribution in [0.25, 0.3) is 12.2 Å². The number of esters is 2. The molecule has 2 N–H and O–H groups in total. The van der Waals surface area contributed by atoms with Crippen LogP contribution in [0.3, 0.4) is 0 Å². The van der Waals surface area contributed by atoms with Gasteiger partial charge in [0.1, 0.15) is 23.3 Å². The van der Waals surface area contributed by atoms with E-state index in [1.807, 2.05) is 60.3 Å². The lowest BCUT2D eigenvalue weighted by atomic mass is 10.1. The minimum absolute atomic E-state index is 0.0369. The number of hydrogen-bond acceptors (Lipinski definition) is 10. The number of ether oxygens (including phenoxy) is 2. The highest BCUT2D eigenvalue weighted by molar-refractivity contribution is 5.98. The first-order chi connectivity index (χ1) is 19.8. The highest BCUT2D eigenvalue weighted by atomic mass is 16.5. The SMILES string of the molecule is CN(CCO)c1ccc(/C=C(\C#N)C(=O)OCCCCCOC(=O)/C(C#N)=C/c2ccc(N(C)CCO)cc2)cc1. The van der Waals surface area contributed by atoms with Gasteiger partial charge in [0, 0.05) is 38.6 Å². The summed E-state index contributed by atoms with van der Waals surface area (Å²) >= 11 is 0. The van der Waals surface area contributed by atoms with E-state index in [-0.39, 0.29) is 37.6 Å². The number of benzene rings is 2. The van der Waals surface area contributed by atoms with Crippen molar-refractivity contribution in [3.05, 3.63) is 70.8 Å². The molecule has 0 bridgehead atoms. The third kappa shape index (κ3) is 11.2. The Kier molecular flexibility index (Phi) is 14.2. The van der Waals surface area contributed by atoms with Crippen molar-refractivity contribution < 1.29 is 29.3 Å². The van der Waals surface area contributed by atoms with Crippen LogP contribution >= 0.6 is 0 Å². The van der Waals surface area contributed by atoms with Crippen molar-refractivity contribution in [2.75, 3.05) is 63.4 Å². The van der Waals surface area contributed by atoms with Crippen LogP contribution in [0, 0.1) is 22.7 Å². The second kappa shape index (κ2) is 17.9. The maximum absolute atomic E-state index is 12.3. The fraction of sp³-hybridized carbons (Fsp3) is 0.355. The van der Waals surface area contributed by atoms with Crippen molar-refractivity contribution in [1.82, 2.24) is 0 Å². The van der Waals surface area contributed by atoms with E-state index in [9.17, 15) is 20.1 Å². The number of aliphatic hydroxyl groups is 2. The number of carbonyl (C=O) groups excluding carboxylic acids is 2. The van der Waals surface area contributed by atoms with Crippen LogP contribution in [-0.4, -0.2) is 75.8 Å². The van der Waals surface area contributed by atoms with Gasteiger partial charge in [-0.3, -0.25) is 0 Å². The molecule has 0 aliphatic rings. The highest BCUT2D eigenvalue weighted by Crippen LogP contribution is 2.17. The van der Waals surface area contributed by atoms with Gasteiger partial charge in [-0.05, 0) is 66.8 Å². The number of hydrogen-bond donors (Lipinski definition) is 2.